The number of aliphatic carboxylic acids is 1. The lowest BCUT2D eigenvalue weighted by atomic mass is 10.1. The molecule has 0 saturated carbocycles. The Morgan fingerprint density at radius 3 is 2.64 bits per heavy atom. The Morgan fingerprint density at radius 2 is 2.05 bits per heavy atom. The monoisotopic (exact) mass is 324 g/mol. The number of carboxylic acid groups (broad SMARTS) is 1. The number of carboxylic acids is 1. The molecule has 0 aromatic heterocycles. The van der Waals surface area contributed by atoms with Crippen molar-refractivity contribution < 1.29 is 19.4 Å². The number of carbonyl (C=O) groups excluding carboxylic acids is 1. The molecule has 1 amide bonds. The zero-order valence-electron chi connectivity index (χ0n) is 12.0. The standard InChI is InChI=1S/C15H17ClN2O4/c16-12-8-11(18-9-10(15(20)21)7-14(18)19)1-2-13(12)17-3-5-22-6-4-17/h1-2,8,10H,3-7,9H2,(H,20,21)/t10-/m1/s1. The summed E-state index contributed by atoms with van der Waals surface area (Å²) >= 11 is 6.35. The van der Waals surface area contributed by atoms with Crippen molar-refractivity contribution in [2.45, 2.75) is 6.42 Å². The van der Waals surface area contributed by atoms with Crippen LogP contribution in [0.2, 0.25) is 5.02 Å². The van der Waals surface area contributed by atoms with Crippen LogP contribution < -0.4 is 9.80 Å². The molecule has 0 aliphatic carbocycles. The number of ether oxygens (including phenoxy) is 1. The Hall–Kier alpha value is -1.79. The normalized spacial score (nSPS) is 22.2. The van der Waals surface area contributed by atoms with Gasteiger partial charge >= 0.3 is 5.97 Å². The molecule has 3 rings (SSSR count). The van der Waals surface area contributed by atoms with Crippen LogP contribution in [0.15, 0.2) is 18.2 Å². The van der Waals surface area contributed by atoms with Crippen LogP contribution in [0.5, 0.6) is 0 Å². The number of hydrogen-bond acceptors (Lipinski definition) is 4. The van der Waals surface area contributed by atoms with E-state index in [2.05, 4.69) is 4.90 Å². The van der Waals surface area contributed by atoms with Crippen LogP contribution in [0.4, 0.5) is 11.4 Å². The van der Waals surface area contributed by atoms with Crippen molar-refractivity contribution in [3.05, 3.63) is 23.2 Å². The van der Waals surface area contributed by atoms with Gasteiger partial charge in [0, 0.05) is 31.7 Å². The SMILES string of the molecule is O=C(O)[C@@H]1CC(=O)N(c2ccc(N3CCOCC3)c(Cl)c2)C1. The molecule has 2 saturated heterocycles. The number of morpholine rings is 1. The minimum Gasteiger partial charge on any atom is -0.481 e. The minimum atomic E-state index is -0.938. The molecule has 0 bridgehead atoms. The molecule has 0 unspecified atom stereocenters. The van der Waals surface area contributed by atoms with Gasteiger partial charge in [-0.1, -0.05) is 11.6 Å². The van der Waals surface area contributed by atoms with E-state index in [-0.39, 0.29) is 18.9 Å². The van der Waals surface area contributed by atoms with E-state index < -0.39 is 11.9 Å². The first-order valence-corrected chi connectivity index (χ1v) is 7.59. The topological polar surface area (TPSA) is 70.1 Å². The molecule has 1 aromatic rings. The fourth-order valence-corrected chi connectivity index (χ4v) is 3.14. The number of benzene rings is 1. The number of rotatable bonds is 3. The summed E-state index contributed by atoms with van der Waals surface area (Å²) in [6, 6.07) is 5.43. The lowest BCUT2D eigenvalue weighted by molar-refractivity contribution is -0.141. The first-order chi connectivity index (χ1) is 10.6. The average Bonchev–Trinajstić information content (AvgIpc) is 2.90. The van der Waals surface area contributed by atoms with E-state index in [1.165, 1.54) is 4.90 Å². The lowest BCUT2D eigenvalue weighted by Crippen LogP contribution is -2.36. The molecule has 1 aromatic carbocycles. The van der Waals surface area contributed by atoms with Crippen LogP contribution in [0.1, 0.15) is 6.42 Å². The molecule has 0 radical (unpaired) electrons. The van der Waals surface area contributed by atoms with Gasteiger partial charge in [0.05, 0.1) is 29.8 Å². The maximum Gasteiger partial charge on any atom is 0.308 e. The van der Waals surface area contributed by atoms with Crippen LogP contribution in [0.25, 0.3) is 0 Å². The summed E-state index contributed by atoms with van der Waals surface area (Å²) in [4.78, 5) is 26.6. The first kappa shape index (κ1) is 15.1. The smallest absolute Gasteiger partial charge is 0.308 e. The van der Waals surface area contributed by atoms with Crippen molar-refractivity contribution in [3.8, 4) is 0 Å². The minimum absolute atomic E-state index is 0.0398. The molecule has 2 fully saturated rings. The van der Waals surface area contributed by atoms with Crippen LogP contribution in [0.3, 0.4) is 0 Å². The van der Waals surface area contributed by atoms with Crippen LogP contribution in [0, 0.1) is 5.92 Å². The molecule has 2 aliphatic rings. The third kappa shape index (κ3) is 2.89. The molecule has 0 spiro atoms. The third-order valence-electron chi connectivity index (χ3n) is 4.07. The number of hydrogen-bond donors (Lipinski definition) is 1. The molecule has 1 N–H and O–H groups in total. The second-order valence-electron chi connectivity index (χ2n) is 5.48. The maximum absolute atomic E-state index is 12.0. The number of anilines is 2. The van der Waals surface area contributed by atoms with Crippen molar-refractivity contribution in [2.75, 3.05) is 42.6 Å². The van der Waals surface area contributed by atoms with E-state index in [1.807, 2.05) is 12.1 Å². The summed E-state index contributed by atoms with van der Waals surface area (Å²) in [7, 11) is 0. The average molecular weight is 325 g/mol. The summed E-state index contributed by atoms with van der Waals surface area (Å²) in [5.74, 6) is -1.76. The molecular weight excluding hydrogens is 308 g/mol. The van der Waals surface area contributed by atoms with Gasteiger partial charge in [-0.2, -0.15) is 0 Å². The number of halogens is 1. The highest BCUT2D eigenvalue weighted by Crippen LogP contribution is 2.33. The number of amides is 1. The predicted octanol–water partition coefficient (Wildman–Crippen LogP) is 1.61. The van der Waals surface area contributed by atoms with E-state index in [4.69, 9.17) is 21.4 Å². The zero-order chi connectivity index (χ0) is 15.7. The summed E-state index contributed by atoms with van der Waals surface area (Å²) in [6.45, 7) is 3.10. The fourth-order valence-electron chi connectivity index (χ4n) is 2.85. The van der Waals surface area contributed by atoms with Crippen LogP contribution in [-0.4, -0.2) is 49.8 Å². The number of carbonyl (C=O) groups is 2. The summed E-state index contributed by atoms with van der Waals surface area (Å²) in [6.07, 6.45) is 0.0398. The highest BCUT2D eigenvalue weighted by molar-refractivity contribution is 6.33. The van der Waals surface area contributed by atoms with Crippen LogP contribution in [-0.2, 0) is 14.3 Å². The molecule has 2 heterocycles. The fraction of sp³-hybridized carbons (Fsp3) is 0.467. The highest BCUT2D eigenvalue weighted by atomic mass is 35.5. The zero-order valence-corrected chi connectivity index (χ0v) is 12.8. The van der Waals surface area contributed by atoms with Gasteiger partial charge in [-0.25, -0.2) is 0 Å². The second-order valence-corrected chi connectivity index (χ2v) is 5.89. The van der Waals surface area contributed by atoms with Crippen molar-refractivity contribution >= 4 is 34.9 Å². The van der Waals surface area contributed by atoms with Gasteiger partial charge in [-0.15, -0.1) is 0 Å². The van der Waals surface area contributed by atoms with Gasteiger partial charge in [0.15, 0.2) is 0 Å². The van der Waals surface area contributed by atoms with Gasteiger partial charge in [-0.3, -0.25) is 9.59 Å². The van der Waals surface area contributed by atoms with Crippen molar-refractivity contribution in [1.82, 2.24) is 0 Å². The molecule has 6 nitrogen and oxygen atoms in total. The second kappa shape index (κ2) is 6.14. The van der Waals surface area contributed by atoms with Crippen molar-refractivity contribution in [1.29, 1.82) is 0 Å². The Kier molecular flexibility index (Phi) is 4.22. The van der Waals surface area contributed by atoms with Crippen molar-refractivity contribution in [3.63, 3.8) is 0 Å². The third-order valence-corrected chi connectivity index (χ3v) is 4.37. The Labute approximate surface area is 133 Å². The van der Waals surface area contributed by atoms with E-state index in [0.717, 1.165) is 18.8 Å². The lowest BCUT2D eigenvalue weighted by Gasteiger charge is -2.30. The molecule has 22 heavy (non-hydrogen) atoms. The molecular formula is C15H17ClN2O4. The summed E-state index contributed by atoms with van der Waals surface area (Å²) < 4.78 is 5.32. The molecule has 2 aliphatic heterocycles. The van der Waals surface area contributed by atoms with Gasteiger partial charge in [0.25, 0.3) is 0 Å². The van der Waals surface area contributed by atoms with Gasteiger partial charge in [0.2, 0.25) is 5.91 Å². The summed E-state index contributed by atoms with van der Waals surface area (Å²) in [5.41, 5.74) is 1.56. The van der Waals surface area contributed by atoms with E-state index in [9.17, 15) is 9.59 Å². The molecule has 118 valence electrons. The van der Waals surface area contributed by atoms with E-state index in [0.29, 0.717) is 23.9 Å². The first-order valence-electron chi connectivity index (χ1n) is 7.21. The highest BCUT2D eigenvalue weighted by Gasteiger charge is 2.35. The summed E-state index contributed by atoms with van der Waals surface area (Å²) in [5, 5.41) is 9.60. The van der Waals surface area contributed by atoms with Crippen LogP contribution >= 0.6 is 11.6 Å². The van der Waals surface area contributed by atoms with Gasteiger partial charge < -0.3 is 19.6 Å². The predicted molar refractivity (Wildman–Crippen MR) is 82.6 cm³/mol. The Bertz CT molecular complexity index is 601. The molecule has 1 atom stereocenters. The Morgan fingerprint density at radius 1 is 1.32 bits per heavy atom. The molecule has 7 heteroatoms. The quantitative estimate of drug-likeness (QED) is 0.915. The largest absolute Gasteiger partial charge is 0.481 e. The maximum atomic E-state index is 12.0. The number of nitrogens with zero attached hydrogens (tertiary/aromatic N) is 2. The van der Waals surface area contributed by atoms with E-state index >= 15 is 0 Å². The Balaban J connectivity index is 1.80. The van der Waals surface area contributed by atoms with Gasteiger partial charge in [0.1, 0.15) is 0 Å². The van der Waals surface area contributed by atoms with E-state index in [1.54, 1.807) is 6.07 Å². The van der Waals surface area contributed by atoms with Crippen molar-refractivity contribution in [2.24, 2.45) is 5.92 Å². The van der Waals surface area contributed by atoms with Gasteiger partial charge in [-0.05, 0) is 18.2 Å².